The average molecular weight is 365 g/mol. The SMILES string of the molecule is CC(CC#N)COC(=O)NC(CC1CCCCC1)C(=O)N1CCOCC1. The summed E-state index contributed by atoms with van der Waals surface area (Å²) in [6, 6.07) is 1.52. The van der Waals surface area contributed by atoms with E-state index in [9.17, 15) is 9.59 Å². The van der Waals surface area contributed by atoms with E-state index in [-0.39, 0.29) is 18.4 Å². The van der Waals surface area contributed by atoms with Gasteiger partial charge in [0.2, 0.25) is 5.91 Å². The molecule has 0 aromatic heterocycles. The molecule has 7 nitrogen and oxygen atoms in total. The molecule has 0 bridgehead atoms. The first-order valence-corrected chi connectivity index (χ1v) is 9.77. The second-order valence-corrected chi connectivity index (χ2v) is 7.44. The third-order valence-corrected chi connectivity index (χ3v) is 5.15. The van der Waals surface area contributed by atoms with Crippen LogP contribution in [-0.2, 0) is 14.3 Å². The van der Waals surface area contributed by atoms with Crippen LogP contribution in [0.25, 0.3) is 0 Å². The Morgan fingerprint density at radius 2 is 1.96 bits per heavy atom. The molecule has 2 rings (SSSR count). The maximum absolute atomic E-state index is 12.9. The highest BCUT2D eigenvalue weighted by atomic mass is 16.5. The summed E-state index contributed by atoms with van der Waals surface area (Å²) in [4.78, 5) is 26.9. The Balaban J connectivity index is 1.91. The van der Waals surface area contributed by atoms with Crippen LogP contribution in [0, 0.1) is 23.2 Å². The van der Waals surface area contributed by atoms with Gasteiger partial charge in [-0.2, -0.15) is 5.26 Å². The Labute approximate surface area is 156 Å². The summed E-state index contributed by atoms with van der Waals surface area (Å²) in [5.41, 5.74) is 0. The maximum Gasteiger partial charge on any atom is 0.407 e. The molecule has 146 valence electrons. The molecule has 1 aliphatic heterocycles. The standard InChI is InChI=1S/C19H31N3O4/c1-15(7-8-20)14-26-19(24)21-17(13-16-5-3-2-4-6-16)18(23)22-9-11-25-12-10-22/h15-17H,2-7,9-14H2,1H3,(H,21,24). The van der Waals surface area contributed by atoms with E-state index in [0.717, 1.165) is 12.8 Å². The number of hydrogen-bond donors (Lipinski definition) is 1. The van der Waals surface area contributed by atoms with E-state index in [4.69, 9.17) is 14.7 Å². The fourth-order valence-corrected chi connectivity index (χ4v) is 3.60. The lowest BCUT2D eigenvalue weighted by molar-refractivity contribution is -0.138. The molecule has 0 radical (unpaired) electrons. The highest BCUT2D eigenvalue weighted by Crippen LogP contribution is 2.28. The summed E-state index contributed by atoms with van der Waals surface area (Å²) in [7, 11) is 0. The first-order chi connectivity index (χ1) is 12.6. The summed E-state index contributed by atoms with van der Waals surface area (Å²) >= 11 is 0. The summed E-state index contributed by atoms with van der Waals surface area (Å²) in [5.74, 6) is 0.412. The third kappa shape index (κ3) is 6.83. The van der Waals surface area contributed by atoms with Gasteiger partial charge in [0, 0.05) is 25.4 Å². The second kappa shape index (κ2) is 11.0. The zero-order valence-corrected chi connectivity index (χ0v) is 15.7. The van der Waals surface area contributed by atoms with Crippen molar-refractivity contribution in [1.82, 2.24) is 10.2 Å². The van der Waals surface area contributed by atoms with E-state index >= 15 is 0 Å². The van der Waals surface area contributed by atoms with E-state index in [1.54, 1.807) is 4.90 Å². The molecule has 1 aliphatic carbocycles. The summed E-state index contributed by atoms with van der Waals surface area (Å²) in [6.07, 6.45) is 6.30. The van der Waals surface area contributed by atoms with Gasteiger partial charge < -0.3 is 19.7 Å². The molecule has 1 saturated heterocycles. The molecule has 1 saturated carbocycles. The van der Waals surface area contributed by atoms with Crippen LogP contribution in [0.15, 0.2) is 0 Å². The number of hydrogen-bond acceptors (Lipinski definition) is 5. The van der Waals surface area contributed by atoms with Crippen molar-refractivity contribution in [2.75, 3.05) is 32.9 Å². The lowest BCUT2D eigenvalue weighted by Crippen LogP contribution is -2.52. The fraction of sp³-hybridized carbons (Fsp3) is 0.842. The minimum atomic E-state index is -0.572. The summed E-state index contributed by atoms with van der Waals surface area (Å²) in [5, 5.41) is 11.5. The number of nitrogens with one attached hydrogen (secondary N) is 1. The van der Waals surface area contributed by atoms with Gasteiger partial charge in [0.1, 0.15) is 6.04 Å². The van der Waals surface area contributed by atoms with Gasteiger partial charge in [0.25, 0.3) is 0 Å². The van der Waals surface area contributed by atoms with E-state index < -0.39 is 12.1 Å². The molecule has 0 aromatic rings. The molecular formula is C19H31N3O4. The van der Waals surface area contributed by atoms with Crippen LogP contribution in [0.1, 0.15) is 51.9 Å². The van der Waals surface area contributed by atoms with Gasteiger partial charge in [0.15, 0.2) is 0 Å². The second-order valence-electron chi connectivity index (χ2n) is 7.44. The zero-order valence-electron chi connectivity index (χ0n) is 15.7. The van der Waals surface area contributed by atoms with Crippen LogP contribution >= 0.6 is 0 Å². The van der Waals surface area contributed by atoms with Crippen molar-refractivity contribution in [3.63, 3.8) is 0 Å². The highest BCUT2D eigenvalue weighted by molar-refractivity contribution is 5.85. The molecule has 2 aliphatic rings. The van der Waals surface area contributed by atoms with Crippen molar-refractivity contribution in [3.05, 3.63) is 0 Å². The number of alkyl carbamates (subject to hydrolysis) is 1. The summed E-state index contributed by atoms with van der Waals surface area (Å²) in [6.45, 7) is 4.25. The Bertz CT molecular complexity index is 494. The van der Waals surface area contributed by atoms with Crippen LogP contribution in [0.3, 0.4) is 0 Å². The third-order valence-electron chi connectivity index (χ3n) is 5.15. The van der Waals surface area contributed by atoms with E-state index in [2.05, 4.69) is 11.4 Å². The number of amides is 2. The van der Waals surface area contributed by atoms with Gasteiger partial charge >= 0.3 is 6.09 Å². The Hall–Kier alpha value is -1.81. The predicted octanol–water partition coefficient (Wildman–Crippen LogP) is 2.46. The predicted molar refractivity (Wildman–Crippen MR) is 96.3 cm³/mol. The Kier molecular flexibility index (Phi) is 8.69. The van der Waals surface area contributed by atoms with Crippen molar-refractivity contribution in [1.29, 1.82) is 5.26 Å². The molecule has 2 fully saturated rings. The van der Waals surface area contributed by atoms with Gasteiger partial charge in [-0.3, -0.25) is 4.79 Å². The largest absolute Gasteiger partial charge is 0.449 e. The van der Waals surface area contributed by atoms with E-state index in [0.29, 0.717) is 45.1 Å². The first-order valence-electron chi connectivity index (χ1n) is 9.77. The van der Waals surface area contributed by atoms with Crippen LogP contribution in [0.5, 0.6) is 0 Å². The molecule has 1 N–H and O–H groups in total. The molecule has 0 aromatic carbocycles. The lowest BCUT2D eigenvalue weighted by Gasteiger charge is -2.32. The van der Waals surface area contributed by atoms with Crippen LogP contribution in [0.2, 0.25) is 0 Å². The van der Waals surface area contributed by atoms with Crippen LogP contribution < -0.4 is 5.32 Å². The van der Waals surface area contributed by atoms with E-state index in [1.165, 1.54) is 19.3 Å². The van der Waals surface area contributed by atoms with Gasteiger partial charge in [0.05, 0.1) is 25.9 Å². The molecule has 2 unspecified atom stereocenters. The number of rotatable bonds is 7. The van der Waals surface area contributed by atoms with Gasteiger partial charge in [-0.1, -0.05) is 39.0 Å². The Morgan fingerprint density at radius 1 is 1.27 bits per heavy atom. The van der Waals surface area contributed by atoms with Crippen molar-refractivity contribution in [2.45, 2.75) is 57.9 Å². The highest BCUT2D eigenvalue weighted by Gasteiger charge is 2.30. The van der Waals surface area contributed by atoms with Crippen molar-refractivity contribution < 1.29 is 19.1 Å². The normalized spacial score (nSPS) is 20.7. The van der Waals surface area contributed by atoms with Crippen molar-refractivity contribution in [3.8, 4) is 6.07 Å². The number of ether oxygens (including phenoxy) is 2. The molecular weight excluding hydrogens is 334 g/mol. The minimum Gasteiger partial charge on any atom is -0.449 e. The molecule has 2 atom stereocenters. The van der Waals surface area contributed by atoms with Crippen molar-refractivity contribution >= 4 is 12.0 Å². The number of carbonyl (C=O) groups is 2. The van der Waals surface area contributed by atoms with Gasteiger partial charge in [-0.25, -0.2) is 4.79 Å². The van der Waals surface area contributed by atoms with Gasteiger partial charge in [-0.15, -0.1) is 0 Å². The molecule has 7 heteroatoms. The average Bonchev–Trinajstić information content (AvgIpc) is 2.67. The number of morpholine rings is 1. The van der Waals surface area contributed by atoms with Crippen LogP contribution in [0.4, 0.5) is 4.79 Å². The number of nitrogens with zero attached hydrogens (tertiary/aromatic N) is 2. The Morgan fingerprint density at radius 3 is 2.62 bits per heavy atom. The molecule has 2 amide bonds. The zero-order chi connectivity index (χ0) is 18.8. The van der Waals surface area contributed by atoms with E-state index in [1.807, 2.05) is 6.92 Å². The van der Waals surface area contributed by atoms with Crippen LogP contribution in [-0.4, -0.2) is 55.9 Å². The minimum absolute atomic E-state index is 0.0162. The topological polar surface area (TPSA) is 91.7 Å². The molecule has 26 heavy (non-hydrogen) atoms. The quantitative estimate of drug-likeness (QED) is 0.748. The lowest BCUT2D eigenvalue weighted by atomic mass is 9.84. The fourth-order valence-electron chi connectivity index (χ4n) is 3.60. The smallest absolute Gasteiger partial charge is 0.407 e. The first kappa shape index (κ1) is 20.5. The molecule has 1 heterocycles. The summed E-state index contributed by atoms with van der Waals surface area (Å²) < 4.78 is 10.5. The molecule has 0 spiro atoms. The van der Waals surface area contributed by atoms with Crippen molar-refractivity contribution in [2.24, 2.45) is 11.8 Å². The number of nitriles is 1. The monoisotopic (exact) mass is 365 g/mol. The maximum atomic E-state index is 12.9. The van der Waals surface area contributed by atoms with Gasteiger partial charge in [-0.05, 0) is 12.3 Å². The number of carbonyl (C=O) groups excluding carboxylic acids is 2.